The smallest absolute Gasteiger partial charge is 0.228 e. The first-order valence-corrected chi connectivity index (χ1v) is 5.91. The fraction of sp³-hybridized carbons (Fsp3) is 0.143. The minimum atomic E-state index is 0.159. The largest absolute Gasteiger partial charge is 0.422 e. The number of nitrogens with two attached hydrogens (primary N) is 1. The third-order valence-electron chi connectivity index (χ3n) is 3.13. The highest BCUT2D eigenvalue weighted by atomic mass is 16.5. The van der Waals surface area contributed by atoms with Gasteiger partial charge >= 0.3 is 0 Å². The number of aryl methyl sites for hydroxylation is 1. The molecule has 0 bridgehead atoms. The number of allylic oxidation sites excluding steroid dienone is 1. The van der Waals surface area contributed by atoms with Crippen LogP contribution in [0.1, 0.15) is 11.3 Å². The standard InChI is InChI=1S/C14H12N4O/c1-9-12-7-10(8-15)13(16)19-14(12)18(17-9)11-5-3-2-4-6-11/h2-6H,7,16H2,1H3. The number of para-hydroxylation sites is 1. The Bertz CT molecular complexity index is 707. The molecule has 0 fully saturated rings. The lowest BCUT2D eigenvalue weighted by Crippen LogP contribution is -2.17. The summed E-state index contributed by atoms with van der Waals surface area (Å²) in [5.41, 5.74) is 8.86. The molecular weight excluding hydrogens is 240 g/mol. The van der Waals surface area contributed by atoms with Crippen LogP contribution in [0.5, 0.6) is 5.88 Å². The van der Waals surface area contributed by atoms with Gasteiger partial charge in [0, 0.05) is 12.0 Å². The van der Waals surface area contributed by atoms with Crippen molar-refractivity contribution in [1.29, 1.82) is 5.26 Å². The number of hydrogen-bond donors (Lipinski definition) is 1. The second-order valence-corrected chi connectivity index (χ2v) is 4.35. The minimum Gasteiger partial charge on any atom is -0.422 e. The average molecular weight is 252 g/mol. The first-order valence-electron chi connectivity index (χ1n) is 5.91. The van der Waals surface area contributed by atoms with Crippen molar-refractivity contribution in [2.24, 2.45) is 5.73 Å². The summed E-state index contributed by atoms with van der Waals surface area (Å²) in [6, 6.07) is 11.7. The molecule has 5 nitrogen and oxygen atoms in total. The second-order valence-electron chi connectivity index (χ2n) is 4.35. The van der Waals surface area contributed by atoms with Crippen LogP contribution in [-0.2, 0) is 6.42 Å². The molecule has 1 aliphatic heterocycles. The quantitative estimate of drug-likeness (QED) is 0.839. The van der Waals surface area contributed by atoms with Gasteiger partial charge in [-0.1, -0.05) is 18.2 Å². The maximum absolute atomic E-state index is 9.01. The van der Waals surface area contributed by atoms with E-state index in [1.807, 2.05) is 37.3 Å². The third-order valence-corrected chi connectivity index (χ3v) is 3.13. The van der Waals surface area contributed by atoms with Crippen molar-refractivity contribution in [2.45, 2.75) is 13.3 Å². The van der Waals surface area contributed by atoms with Crippen molar-refractivity contribution >= 4 is 0 Å². The van der Waals surface area contributed by atoms with Gasteiger partial charge in [0.15, 0.2) is 0 Å². The molecule has 0 atom stereocenters. The maximum Gasteiger partial charge on any atom is 0.228 e. The van der Waals surface area contributed by atoms with Gasteiger partial charge in [-0.25, -0.2) is 4.68 Å². The lowest BCUT2D eigenvalue weighted by atomic mass is 10.1. The van der Waals surface area contributed by atoms with Crippen LogP contribution in [0.15, 0.2) is 41.8 Å². The first kappa shape index (κ1) is 11.4. The highest BCUT2D eigenvalue weighted by Crippen LogP contribution is 2.32. The van der Waals surface area contributed by atoms with E-state index in [1.165, 1.54) is 0 Å². The summed E-state index contributed by atoms with van der Waals surface area (Å²) in [6.45, 7) is 1.90. The topological polar surface area (TPSA) is 76.9 Å². The lowest BCUT2D eigenvalue weighted by Gasteiger charge is -2.16. The lowest BCUT2D eigenvalue weighted by molar-refractivity contribution is 0.372. The Hall–Kier alpha value is -2.74. The van der Waals surface area contributed by atoms with E-state index in [0.29, 0.717) is 17.9 Å². The third kappa shape index (κ3) is 1.74. The van der Waals surface area contributed by atoms with Crippen LogP contribution in [0.25, 0.3) is 5.69 Å². The number of benzene rings is 1. The van der Waals surface area contributed by atoms with E-state index >= 15 is 0 Å². The highest BCUT2D eigenvalue weighted by molar-refractivity contribution is 5.48. The minimum absolute atomic E-state index is 0.159. The zero-order chi connectivity index (χ0) is 13.4. The molecule has 1 aromatic heterocycles. The van der Waals surface area contributed by atoms with Gasteiger partial charge in [0.1, 0.15) is 6.07 Å². The summed E-state index contributed by atoms with van der Waals surface area (Å²) in [7, 11) is 0. The molecule has 2 N–H and O–H groups in total. The van der Waals surface area contributed by atoms with Crippen molar-refractivity contribution in [3.05, 3.63) is 53.0 Å². The Morgan fingerprint density at radius 2 is 2.11 bits per heavy atom. The monoisotopic (exact) mass is 252 g/mol. The zero-order valence-electron chi connectivity index (χ0n) is 10.4. The van der Waals surface area contributed by atoms with Gasteiger partial charge in [-0.2, -0.15) is 10.4 Å². The molecule has 0 aliphatic carbocycles. The van der Waals surface area contributed by atoms with E-state index in [4.69, 9.17) is 15.7 Å². The van der Waals surface area contributed by atoms with Crippen LogP contribution in [0, 0.1) is 18.3 Å². The Morgan fingerprint density at radius 3 is 2.79 bits per heavy atom. The predicted molar refractivity (Wildman–Crippen MR) is 69.5 cm³/mol. The van der Waals surface area contributed by atoms with Crippen molar-refractivity contribution in [3.63, 3.8) is 0 Å². The molecule has 0 unspecified atom stereocenters. The van der Waals surface area contributed by atoms with Gasteiger partial charge in [-0.15, -0.1) is 0 Å². The molecule has 0 radical (unpaired) electrons. The number of aromatic nitrogens is 2. The zero-order valence-corrected chi connectivity index (χ0v) is 10.4. The molecule has 0 amide bonds. The highest BCUT2D eigenvalue weighted by Gasteiger charge is 2.25. The fourth-order valence-corrected chi connectivity index (χ4v) is 2.12. The molecule has 1 aliphatic rings. The summed E-state index contributed by atoms with van der Waals surface area (Å²) in [5.74, 6) is 0.757. The SMILES string of the molecule is Cc1nn(-c2ccccc2)c2c1CC(C#N)=C(N)O2. The molecule has 0 saturated carbocycles. The molecule has 0 spiro atoms. The van der Waals surface area contributed by atoms with E-state index in [0.717, 1.165) is 16.9 Å². The van der Waals surface area contributed by atoms with E-state index in [9.17, 15) is 0 Å². The van der Waals surface area contributed by atoms with Gasteiger partial charge in [0.25, 0.3) is 0 Å². The molecule has 0 saturated heterocycles. The Balaban J connectivity index is 2.14. The summed E-state index contributed by atoms with van der Waals surface area (Å²) in [6.07, 6.45) is 0.469. The van der Waals surface area contributed by atoms with Crippen LogP contribution in [0.2, 0.25) is 0 Å². The summed E-state index contributed by atoms with van der Waals surface area (Å²) < 4.78 is 7.29. The van der Waals surface area contributed by atoms with Gasteiger partial charge in [0.2, 0.25) is 11.8 Å². The molecule has 3 rings (SSSR count). The summed E-state index contributed by atoms with van der Waals surface area (Å²) in [4.78, 5) is 0. The van der Waals surface area contributed by atoms with Crippen molar-refractivity contribution in [1.82, 2.24) is 9.78 Å². The summed E-state index contributed by atoms with van der Waals surface area (Å²) >= 11 is 0. The van der Waals surface area contributed by atoms with Crippen LogP contribution in [0.3, 0.4) is 0 Å². The van der Waals surface area contributed by atoms with Gasteiger partial charge in [0.05, 0.1) is 17.0 Å². The molecule has 94 valence electrons. The van der Waals surface area contributed by atoms with Crippen molar-refractivity contribution in [3.8, 4) is 17.6 Å². The van der Waals surface area contributed by atoms with Crippen molar-refractivity contribution in [2.75, 3.05) is 0 Å². The van der Waals surface area contributed by atoms with Gasteiger partial charge in [-0.3, -0.25) is 0 Å². The maximum atomic E-state index is 9.01. The molecule has 2 heterocycles. The number of ether oxygens (including phenoxy) is 1. The first-order chi connectivity index (χ1) is 9.20. The van der Waals surface area contributed by atoms with Crippen molar-refractivity contribution < 1.29 is 4.74 Å². The number of rotatable bonds is 1. The predicted octanol–water partition coefficient (Wildman–Crippen LogP) is 1.81. The number of fused-ring (bicyclic) bond motifs is 1. The van der Waals surface area contributed by atoms with E-state index in [2.05, 4.69) is 11.2 Å². The molecule has 5 heteroatoms. The fourth-order valence-electron chi connectivity index (χ4n) is 2.12. The van der Waals surface area contributed by atoms with Gasteiger partial charge < -0.3 is 10.5 Å². The molecule has 2 aromatic rings. The molecular formula is C14H12N4O. The molecule has 19 heavy (non-hydrogen) atoms. The van der Waals surface area contributed by atoms with Crippen LogP contribution in [0.4, 0.5) is 0 Å². The van der Waals surface area contributed by atoms with Crippen LogP contribution in [-0.4, -0.2) is 9.78 Å². The van der Waals surface area contributed by atoms with E-state index in [1.54, 1.807) is 4.68 Å². The number of hydrogen-bond acceptors (Lipinski definition) is 4. The summed E-state index contributed by atoms with van der Waals surface area (Å²) in [5, 5.41) is 13.5. The Morgan fingerprint density at radius 1 is 1.37 bits per heavy atom. The number of nitrogens with zero attached hydrogens (tertiary/aromatic N) is 3. The average Bonchev–Trinajstić information content (AvgIpc) is 2.75. The van der Waals surface area contributed by atoms with Crippen LogP contribution >= 0.6 is 0 Å². The van der Waals surface area contributed by atoms with E-state index in [-0.39, 0.29) is 5.88 Å². The normalized spacial score (nSPS) is 13.7. The van der Waals surface area contributed by atoms with Crippen LogP contribution < -0.4 is 10.5 Å². The Kier molecular flexibility index (Phi) is 2.50. The Labute approximate surface area is 110 Å². The van der Waals surface area contributed by atoms with Gasteiger partial charge in [-0.05, 0) is 19.1 Å². The van der Waals surface area contributed by atoms with E-state index < -0.39 is 0 Å². The second kappa shape index (κ2) is 4.18. The molecule has 1 aromatic carbocycles. The number of nitriles is 1.